The Bertz CT molecular complexity index is 926. The SMILES string of the molecule is O=C(NC[C@]1(O)CCCC(F)(F)C1)c1cn(CCN2CCCC2)c2cccc(Cl)c12. The van der Waals surface area contributed by atoms with Crippen molar-refractivity contribution in [1.29, 1.82) is 0 Å². The van der Waals surface area contributed by atoms with Crippen molar-refractivity contribution in [3.63, 3.8) is 0 Å². The topological polar surface area (TPSA) is 57.5 Å². The largest absolute Gasteiger partial charge is 0.388 e. The average molecular weight is 440 g/mol. The first-order valence-electron chi connectivity index (χ1n) is 10.6. The molecule has 0 spiro atoms. The predicted octanol–water partition coefficient (Wildman–Crippen LogP) is 4.06. The average Bonchev–Trinajstić information content (AvgIpc) is 3.32. The predicted molar refractivity (Wildman–Crippen MR) is 113 cm³/mol. The number of aliphatic hydroxyl groups is 1. The highest BCUT2D eigenvalue weighted by atomic mass is 35.5. The number of nitrogens with one attached hydrogen (secondary N) is 1. The number of rotatable bonds is 6. The number of alkyl halides is 2. The summed E-state index contributed by atoms with van der Waals surface area (Å²) in [7, 11) is 0. The van der Waals surface area contributed by atoms with Crippen molar-refractivity contribution in [3.8, 4) is 0 Å². The van der Waals surface area contributed by atoms with Crippen molar-refractivity contribution >= 4 is 28.4 Å². The molecule has 2 heterocycles. The van der Waals surface area contributed by atoms with Crippen molar-refractivity contribution in [1.82, 2.24) is 14.8 Å². The van der Waals surface area contributed by atoms with Crippen LogP contribution in [0.2, 0.25) is 5.02 Å². The van der Waals surface area contributed by atoms with Crippen LogP contribution in [0.25, 0.3) is 10.9 Å². The Morgan fingerprint density at radius 1 is 1.17 bits per heavy atom. The van der Waals surface area contributed by atoms with Gasteiger partial charge < -0.3 is 19.9 Å². The van der Waals surface area contributed by atoms with Crippen LogP contribution < -0.4 is 5.32 Å². The van der Waals surface area contributed by atoms with Gasteiger partial charge in [0.25, 0.3) is 11.8 Å². The van der Waals surface area contributed by atoms with Crippen LogP contribution in [-0.2, 0) is 6.54 Å². The Kier molecular flexibility index (Phi) is 6.06. The second kappa shape index (κ2) is 8.44. The molecule has 2 aromatic rings. The third-order valence-corrected chi connectivity index (χ3v) is 6.62. The lowest BCUT2D eigenvalue weighted by Gasteiger charge is -2.36. The molecule has 2 fully saturated rings. The van der Waals surface area contributed by atoms with E-state index in [2.05, 4.69) is 10.2 Å². The number of carbonyl (C=O) groups is 1. The van der Waals surface area contributed by atoms with E-state index >= 15 is 0 Å². The first kappa shape index (κ1) is 21.5. The van der Waals surface area contributed by atoms with Crippen molar-refractivity contribution in [2.24, 2.45) is 0 Å². The molecule has 1 aliphatic heterocycles. The molecule has 1 saturated heterocycles. The lowest BCUT2D eigenvalue weighted by atomic mass is 9.82. The Hall–Kier alpha value is -1.70. The Labute approximate surface area is 180 Å². The number of carbonyl (C=O) groups excluding carboxylic acids is 1. The van der Waals surface area contributed by atoms with Crippen molar-refractivity contribution in [3.05, 3.63) is 35.0 Å². The first-order valence-corrected chi connectivity index (χ1v) is 11.0. The number of aromatic nitrogens is 1. The molecule has 164 valence electrons. The smallest absolute Gasteiger partial charge is 0.253 e. The standard InChI is InChI=1S/C22H28ClF2N3O2/c23-17-5-3-6-18-19(17)16(13-28(18)12-11-27-9-1-2-10-27)20(29)26-15-21(30)7-4-8-22(24,25)14-21/h3,5-6,13,30H,1-2,4,7-12,14-15H2,(H,26,29)/t21-/m0/s1. The van der Waals surface area contributed by atoms with Gasteiger partial charge >= 0.3 is 0 Å². The van der Waals surface area contributed by atoms with Gasteiger partial charge in [-0.3, -0.25) is 4.79 Å². The van der Waals surface area contributed by atoms with E-state index in [1.807, 2.05) is 16.7 Å². The number of hydrogen-bond donors (Lipinski definition) is 2. The van der Waals surface area contributed by atoms with Crippen LogP contribution >= 0.6 is 11.6 Å². The minimum Gasteiger partial charge on any atom is -0.388 e. The summed E-state index contributed by atoms with van der Waals surface area (Å²) in [5.41, 5.74) is -0.312. The zero-order valence-corrected chi connectivity index (χ0v) is 17.7. The van der Waals surface area contributed by atoms with Crippen molar-refractivity contribution in [2.45, 2.75) is 56.6 Å². The summed E-state index contributed by atoms with van der Waals surface area (Å²) in [6.07, 6.45) is 3.85. The lowest BCUT2D eigenvalue weighted by molar-refractivity contribution is -0.121. The highest BCUT2D eigenvalue weighted by Crippen LogP contribution is 2.39. The van der Waals surface area contributed by atoms with E-state index in [9.17, 15) is 18.7 Å². The van der Waals surface area contributed by atoms with Crippen LogP contribution in [-0.4, -0.2) is 58.2 Å². The Balaban J connectivity index is 1.51. The maximum atomic E-state index is 13.7. The summed E-state index contributed by atoms with van der Waals surface area (Å²) in [4.78, 5) is 15.3. The molecule has 0 radical (unpaired) electrons. The van der Waals surface area contributed by atoms with Crippen LogP contribution in [0.5, 0.6) is 0 Å². The number of nitrogens with zero attached hydrogens (tertiary/aromatic N) is 2. The number of hydrogen-bond acceptors (Lipinski definition) is 3. The summed E-state index contributed by atoms with van der Waals surface area (Å²) in [5.74, 6) is -3.30. The molecule has 1 amide bonds. The van der Waals surface area contributed by atoms with Crippen molar-refractivity contribution < 1.29 is 18.7 Å². The zero-order valence-electron chi connectivity index (χ0n) is 17.0. The van der Waals surface area contributed by atoms with Crippen LogP contribution in [0.15, 0.2) is 24.4 Å². The molecule has 2 aliphatic rings. The summed E-state index contributed by atoms with van der Waals surface area (Å²) < 4.78 is 29.5. The fraction of sp³-hybridized carbons (Fsp3) is 0.591. The second-order valence-corrected chi connectivity index (χ2v) is 9.12. The van der Waals surface area contributed by atoms with Gasteiger partial charge in [-0.05, 0) is 50.9 Å². The molecule has 30 heavy (non-hydrogen) atoms. The minimum atomic E-state index is -2.90. The molecular formula is C22H28ClF2N3O2. The summed E-state index contributed by atoms with van der Waals surface area (Å²) >= 11 is 6.41. The number of benzene rings is 1. The Morgan fingerprint density at radius 2 is 1.93 bits per heavy atom. The van der Waals surface area contributed by atoms with Gasteiger partial charge in [0.15, 0.2) is 0 Å². The summed E-state index contributed by atoms with van der Waals surface area (Å²) in [5, 5.41) is 14.3. The van der Waals surface area contributed by atoms with Gasteiger partial charge in [0, 0.05) is 44.1 Å². The van der Waals surface area contributed by atoms with Crippen molar-refractivity contribution in [2.75, 3.05) is 26.2 Å². The maximum Gasteiger partial charge on any atom is 0.253 e. The number of fused-ring (bicyclic) bond motifs is 1. The molecule has 4 rings (SSSR count). The van der Waals surface area contributed by atoms with Crippen LogP contribution in [0.3, 0.4) is 0 Å². The molecule has 1 aliphatic carbocycles. The highest BCUT2D eigenvalue weighted by molar-refractivity contribution is 6.36. The van der Waals surface area contributed by atoms with E-state index in [1.165, 1.54) is 12.8 Å². The summed E-state index contributed by atoms with van der Waals surface area (Å²) in [6, 6.07) is 5.52. The zero-order chi connectivity index (χ0) is 21.4. The van der Waals surface area contributed by atoms with Gasteiger partial charge in [0.2, 0.25) is 0 Å². The van der Waals surface area contributed by atoms with E-state index in [1.54, 1.807) is 12.3 Å². The van der Waals surface area contributed by atoms with Gasteiger partial charge in [-0.15, -0.1) is 0 Å². The van der Waals surface area contributed by atoms with E-state index in [0.29, 0.717) is 16.0 Å². The maximum absolute atomic E-state index is 13.7. The molecule has 1 aromatic carbocycles. The van der Waals surface area contributed by atoms with Gasteiger partial charge in [0.05, 0.1) is 21.7 Å². The number of amides is 1. The third kappa shape index (κ3) is 4.63. The van der Waals surface area contributed by atoms with E-state index in [-0.39, 0.29) is 25.8 Å². The number of likely N-dealkylation sites (tertiary alicyclic amines) is 1. The normalized spacial score (nSPS) is 24.4. The summed E-state index contributed by atoms with van der Waals surface area (Å²) in [6.45, 7) is 3.62. The molecule has 0 bridgehead atoms. The molecule has 8 heteroatoms. The molecule has 1 saturated carbocycles. The van der Waals surface area contributed by atoms with Crippen LogP contribution in [0, 0.1) is 0 Å². The molecule has 1 aromatic heterocycles. The fourth-order valence-electron chi connectivity index (χ4n) is 4.75. The monoisotopic (exact) mass is 439 g/mol. The van der Waals surface area contributed by atoms with Gasteiger partial charge in [-0.2, -0.15) is 0 Å². The molecule has 2 N–H and O–H groups in total. The van der Waals surface area contributed by atoms with E-state index in [0.717, 1.165) is 31.7 Å². The van der Waals surface area contributed by atoms with E-state index in [4.69, 9.17) is 11.6 Å². The molecule has 1 atom stereocenters. The second-order valence-electron chi connectivity index (χ2n) is 8.71. The Morgan fingerprint density at radius 3 is 2.67 bits per heavy atom. The van der Waals surface area contributed by atoms with Crippen LogP contribution in [0.1, 0.15) is 48.9 Å². The minimum absolute atomic E-state index is 0.202. The molecule has 5 nitrogen and oxygen atoms in total. The molecular weight excluding hydrogens is 412 g/mol. The first-order chi connectivity index (χ1) is 14.3. The fourth-order valence-corrected chi connectivity index (χ4v) is 5.02. The van der Waals surface area contributed by atoms with Gasteiger partial charge in [0.1, 0.15) is 0 Å². The quantitative estimate of drug-likeness (QED) is 0.713. The highest BCUT2D eigenvalue weighted by Gasteiger charge is 2.44. The van der Waals surface area contributed by atoms with E-state index < -0.39 is 23.9 Å². The third-order valence-electron chi connectivity index (χ3n) is 6.31. The number of halogens is 3. The van der Waals surface area contributed by atoms with Gasteiger partial charge in [-0.1, -0.05) is 17.7 Å². The van der Waals surface area contributed by atoms with Crippen LogP contribution in [0.4, 0.5) is 8.78 Å². The van der Waals surface area contributed by atoms with Gasteiger partial charge in [-0.25, -0.2) is 8.78 Å². The lowest BCUT2D eigenvalue weighted by Crippen LogP contribution is -2.49. The molecule has 0 unspecified atom stereocenters.